The van der Waals surface area contributed by atoms with Gasteiger partial charge in [0.25, 0.3) is 0 Å². The molecule has 0 spiro atoms. The van der Waals surface area contributed by atoms with Gasteiger partial charge in [-0.2, -0.15) is 0 Å². The molecule has 144 valence electrons. The van der Waals surface area contributed by atoms with Crippen molar-refractivity contribution in [3.8, 4) is 11.4 Å². The van der Waals surface area contributed by atoms with Gasteiger partial charge < -0.3 is 15.3 Å². The molecule has 2 aromatic heterocycles. The summed E-state index contributed by atoms with van der Waals surface area (Å²) in [5.74, 6) is 1.06. The predicted molar refractivity (Wildman–Crippen MR) is 105 cm³/mol. The van der Waals surface area contributed by atoms with E-state index in [1.165, 1.54) is 6.07 Å². The Morgan fingerprint density at radius 1 is 1.18 bits per heavy atom. The first-order chi connectivity index (χ1) is 13.5. The number of benzene rings is 1. The second-order valence-electron chi connectivity index (χ2n) is 6.14. The van der Waals surface area contributed by atoms with Gasteiger partial charge in [0.2, 0.25) is 0 Å². The fraction of sp³-hybridized carbons (Fsp3) is 0.200. The van der Waals surface area contributed by atoms with E-state index in [4.69, 9.17) is 0 Å². The quantitative estimate of drug-likeness (QED) is 0.609. The van der Waals surface area contributed by atoms with Gasteiger partial charge in [0.1, 0.15) is 24.2 Å². The first-order valence-corrected chi connectivity index (χ1v) is 8.66. The van der Waals surface area contributed by atoms with Crippen molar-refractivity contribution in [3.05, 3.63) is 72.2 Å². The van der Waals surface area contributed by atoms with Crippen LogP contribution in [0.4, 0.5) is 10.2 Å². The van der Waals surface area contributed by atoms with Gasteiger partial charge >= 0.3 is 0 Å². The normalized spacial score (nSPS) is 10.6. The van der Waals surface area contributed by atoms with E-state index < -0.39 is 5.82 Å². The molecule has 8 heteroatoms. The van der Waals surface area contributed by atoms with E-state index in [1.54, 1.807) is 48.5 Å². The maximum atomic E-state index is 14.6. The zero-order valence-electron chi connectivity index (χ0n) is 15.7. The van der Waals surface area contributed by atoms with Crippen molar-refractivity contribution in [2.45, 2.75) is 13.8 Å². The minimum atomic E-state index is -0.460. The molecule has 0 radical (unpaired) electrons. The van der Waals surface area contributed by atoms with Crippen LogP contribution in [-0.2, 0) is 0 Å². The van der Waals surface area contributed by atoms with Crippen LogP contribution >= 0.6 is 0 Å². The summed E-state index contributed by atoms with van der Waals surface area (Å²) in [6.07, 6.45) is 3.10. The highest BCUT2D eigenvalue weighted by molar-refractivity contribution is 5.77. The number of anilines is 1. The van der Waals surface area contributed by atoms with E-state index in [0.29, 0.717) is 22.9 Å². The minimum absolute atomic E-state index is 0.219. The topological polar surface area (TPSA) is 87.1 Å². The number of hydrogen-bond acceptors (Lipinski definition) is 7. The Labute approximate surface area is 162 Å². The van der Waals surface area contributed by atoms with E-state index in [1.807, 2.05) is 6.92 Å². The van der Waals surface area contributed by atoms with Crippen LogP contribution in [0.3, 0.4) is 0 Å². The summed E-state index contributed by atoms with van der Waals surface area (Å²) in [5.41, 5.74) is 2.00. The minimum Gasteiger partial charge on any atom is -0.376 e. The van der Waals surface area contributed by atoms with Gasteiger partial charge in [-0.1, -0.05) is 18.7 Å². The first-order valence-electron chi connectivity index (χ1n) is 8.66. The van der Waals surface area contributed by atoms with Crippen molar-refractivity contribution in [3.63, 3.8) is 0 Å². The molecule has 0 aliphatic carbocycles. The second kappa shape index (κ2) is 8.53. The molecule has 0 bridgehead atoms. The fourth-order valence-corrected chi connectivity index (χ4v) is 2.81. The average Bonchev–Trinajstić information content (AvgIpc) is 2.68. The van der Waals surface area contributed by atoms with Crippen LogP contribution < -0.4 is 5.32 Å². The van der Waals surface area contributed by atoms with Gasteiger partial charge in [-0.25, -0.2) is 24.3 Å². The summed E-state index contributed by atoms with van der Waals surface area (Å²) < 4.78 is 14.6. The number of rotatable bonds is 7. The van der Waals surface area contributed by atoms with Crippen molar-refractivity contribution < 1.29 is 9.50 Å². The molecule has 3 aromatic rings. The Kier molecular flexibility index (Phi) is 5.90. The molecule has 2 N–H and O–H groups in total. The molecule has 0 aliphatic rings. The van der Waals surface area contributed by atoms with Gasteiger partial charge in [-0.15, -0.1) is 0 Å². The van der Waals surface area contributed by atoms with E-state index in [0.717, 1.165) is 5.69 Å². The van der Waals surface area contributed by atoms with Crippen LogP contribution in [0.5, 0.6) is 0 Å². The zero-order valence-corrected chi connectivity index (χ0v) is 15.7. The van der Waals surface area contributed by atoms with E-state index >= 15 is 0 Å². The summed E-state index contributed by atoms with van der Waals surface area (Å²) in [4.78, 5) is 18.4. The number of halogens is 1. The molecule has 3 rings (SSSR count). The van der Waals surface area contributed by atoms with Gasteiger partial charge in [-0.05, 0) is 26.0 Å². The number of aryl methyl sites for hydroxylation is 2. The molecular formula is C20H21FN6O. The van der Waals surface area contributed by atoms with Crippen molar-refractivity contribution in [1.29, 1.82) is 0 Å². The molecule has 2 heterocycles. The number of hydrogen-bond donors (Lipinski definition) is 2. The lowest BCUT2D eigenvalue weighted by molar-refractivity contribution is 0.168. The van der Waals surface area contributed by atoms with Gasteiger partial charge in [-0.3, -0.25) is 0 Å². The summed E-state index contributed by atoms with van der Waals surface area (Å²) in [6.45, 7) is 7.62. The standard InChI is InChI=1S/C20H21FN6O/c1-13-10-18(26-15(3)25-13)24-11-27(12-28)14(2)16-6-4-7-17(21)19(16)20-22-8-5-9-23-20/h4-10,28H,2,11-12H2,1,3H3,(H,24,25,26). The number of aliphatic hydroxyl groups excluding tert-OH is 1. The molecule has 0 saturated heterocycles. The third kappa shape index (κ3) is 4.29. The Bertz CT molecular complexity index is 959. The summed E-state index contributed by atoms with van der Waals surface area (Å²) in [7, 11) is 0. The number of nitrogens with zero attached hydrogens (tertiary/aromatic N) is 5. The highest BCUT2D eigenvalue weighted by atomic mass is 19.1. The molecule has 7 nitrogen and oxygen atoms in total. The predicted octanol–water partition coefficient (Wildman–Crippen LogP) is 2.98. The van der Waals surface area contributed by atoms with Gasteiger partial charge in [0, 0.05) is 35.4 Å². The molecule has 0 fully saturated rings. The molecule has 0 saturated carbocycles. The number of aromatic nitrogens is 4. The lowest BCUT2D eigenvalue weighted by Crippen LogP contribution is -2.29. The molecule has 1 aromatic carbocycles. The first kappa shape index (κ1) is 19.4. The summed E-state index contributed by atoms with van der Waals surface area (Å²) >= 11 is 0. The molecule has 0 amide bonds. The third-order valence-corrected chi connectivity index (χ3v) is 4.08. The van der Waals surface area contributed by atoms with Crippen LogP contribution in [0.25, 0.3) is 17.1 Å². The van der Waals surface area contributed by atoms with Crippen molar-refractivity contribution in [1.82, 2.24) is 24.8 Å². The van der Waals surface area contributed by atoms with Crippen LogP contribution in [0.2, 0.25) is 0 Å². The average molecular weight is 380 g/mol. The van der Waals surface area contributed by atoms with E-state index in [9.17, 15) is 9.50 Å². The van der Waals surface area contributed by atoms with Crippen LogP contribution in [-0.4, -0.2) is 43.3 Å². The summed E-state index contributed by atoms with van der Waals surface area (Å²) in [6, 6.07) is 8.11. The molecule has 0 unspecified atom stereocenters. The number of nitrogens with one attached hydrogen (secondary N) is 1. The Hall–Kier alpha value is -3.39. The Morgan fingerprint density at radius 2 is 1.93 bits per heavy atom. The maximum absolute atomic E-state index is 14.6. The van der Waals surface area contributed by atoms with Gasteiger partial charge in [0.05, 0.1) is 12.2 Å². The Balaban J connectivity index is 1.86. The lowest BCUT2D eigenvalue weighted by Gasteiger charge is -2.26. The van der Waals surface area contributed by atoms with Crippen LogP contribution in [0, 0.1) is 19.7 Å². The maximum Gasteiger partial charge on any atom is 0.162 e. The zero-order chi connectivity index (χ0) is 20.1. The smallest absolute Gasteiger partial charge is 0.162 e. The fourth-order valence-electron chi connectivity index (χ4n) is 2.81. The van der Waals surface area contributed by atoms with Crippen molar-refractivity contribution >= 4 is 11.5 Å². The van der Waals surface area contributed by atoms with Crippen LogP contribution in [0.1, 0.15) is 17.1 Å². The van der Waals surface area contributed by atoms with Crippen molar-refractivity contribution in [2.24, 2.45) is 0 Å². The lowest BCUT2D eigenvalue weighted by atomic mass is 10.0. The molecule has 0 atom stereocenters. The third-order valence-electron chi connectivity index (χ3n) is 4.08. The number of aliphatic hydroxyl groups is 1. The largest absolute Gasteiger partial charge is 0.376 e. The summed E-state index contributed by atoms with van der Waals surface area (Å²) in [5, 5.41) is 13.0. The molecule has 0 aliphatic heterocycles. The highest BCUT2D eigenvalue weighted by Gasteiger charge is 2.18. The monoisotopic (exact) mass is 380 g/mol. The molecule has 28 heavy (non-hydrogen) atoms. The van der Waals surface area contributed by atoms with E-state index in [2.05, 4.69) is 31.8 Å². The highest BCUT2D eigenvalue weighted by Crippen LogP contribution is 2.30. The Morgan fingerprint density at radius 3 is 2.61 bits per heavy atom. The van der Waals surface area contributed by atoms with Crippen molar-refractivity contribution in [2.75, 3.05) is 18.7 Å². The van der Waals surface area contributed by atoms with E-state index in [-0.39, 0.29) is 24.8 Å². The molecular weight excluding hydrogens is 359 g/mol. The van der Waals surface area contributed by atoms with Gasteiger partial charge in [0.15, 0.2) is 5.82 Å². The second-order valence-corrected chi connectivity index (χ2v) is 6.14. The van der Waals surface area contributed by atoms with Crippen LogP contribution in [0.15, 0.2) is 49.3 Å². The SMILES string of the molecule is C=C(c1cccc(F)c1-c1ncccn1)N(CO)CNc1cc(C)nc(C)n1.